The molecule has 5 nitrogen and oxygen atoms in total. The fourth-order valence-electron chi connectivity index (χ4n) is 1.28. The summed E-state index contributed by atoms with van der Waals surface area (Å²) in [6.45, 7) is 5.87. The minimum absolute atomic E-state index is 0.136. The van der Waals surface area contributed by atoms with Crippen LogP contribution in [0.5, 0.6) is 6.01 Å². The summed E-state index contributed by atoms with van der Waals surface area (Å²) in [5.74, 6) is 0.0431. The molecule has 6 heteroatoms. The second-order valence-electron chi connectivity index (χ2n) is 4.51. The Hall–Kier alpha value is -1.72. The molecule has 0 atom stereocenters. The third-order valence-electron chi connectivity index (χ3n) is 2.14. The Morgan fingerprint density at radius 3 is 2.62 bits per heavy atom. The molecule has 0 aromatic carbocycles. The maximum Gasteiger partial charge on any atom is 0.319 e. The first-order valence-corrected chi connectivity index (χ1v) is 4.89. The van der Waals surface area contributed by atoms with Gasteiger partial charge in [0.1, 0.15) is 0 Å². The Balaban J connectivity index is 2.73. The summed E-state index contributed by atoms with van der Waals surface area (Å²) >= 11 is 0. The lowest BCUT2D eigenvalue weighted by atomic mass is 9.96. The van der Waals surface area contributed by atoms with Crippen molar-refractivity contribution in [1.29, 1.82) is 0 Å². The van der Waals surface area contributed by atoms with Crippen LogP contribution in [-0.4, -0.2) is 26.7 Å². The zero-order valence-electron chi connectivity index (χ0n) is 9.65. The molecule has 0 aliphatic rings. The van der Waals surface area contributed by atoms with Gasteiger partial charge in [0.05, 0.1) is 13.3 Å². The van der Waals surface area contributed by atoms with Crippen LogP contribution in [0, 0.1) is 5.82 Å². The van der Waals surface area contributed by atoms with Crippen LogP contribution in [0.25, 0.3) is 5.65 Å². The summed E-state index contributed by atoms with van der Waals surface area (Å²) in [5, 5.41) is 4.19. The fourth-order valence-corrected chi connectivity index (χ4v) is 1.28. The molecule has 16 heavy (non-hydrogen) atoms. The molecule has 0 aliphatic heterocycles. The van der Waals surface area contributed by atoms with Crippen LogP contribution < -0.4 is 4.74 Å². The summed E-state index contributed by atoms with van der Waals surface area (Å²) in [4.78, 5) is 7.93. The molecule has 2 aromatic heterocycles. The van der Waals surface area contributed by atoms with Crippen molar-refractivity contribution in [3.05, 3.63) is 17.8 Å². The van der Waals surface area contributed by atoms with Crippen molar-refractivity contribution in [2.45, 2.75) is 26.2 Å². The van der Waals surface area contributed by atoms with E-state index in [1.165, 1.54) is 11.6 Å². The number of hydrogen-bond acceptors (Lipinski definition) is 4. The number of ether oxygens (including phenoxy) is 1. The van der Waals surface area contributed by atoms with Crippen molar-refractivity contribution in [2.75, 3.05) is 7.11 Å². The number of fused-ring (bicyclic) bond motifs is 1. The quantitative estimate of drug-likeness (QED) is 0.737. The summed E-state index contributed by atoms with van der Waals surface area (Å²) in [6, 6.07) is 0.222. The van der Waals surface area contributed by atoms with Crippen molar-refractivity contribution in [3.8, 4) is 6.01 Å². The van der Waals surface area contributed by atoms with Gasteiger partial charge in [-0.3, -0.25) is 0 Å². The zero-order valence-corrected chi connectivity index (χ0v) is 9.65. The first-order valence-electron chi connectivity index (χ1n) is 4.89. The van der Waals surface area contributed by atoms with E-state index in [1.54, 1.807) is 0 Å². The Labute approximate surface area is 92.3 Å². The first kappa shape index (κ1) is 10.8. The van der Waals surface area contributed by atoms with E-state index in [2.05, 4.69) is 15.1 Å². The lowest BCUT2D eigenvalue weighted by molar-refractivity contribution is 0.363. The van der Waals surface area contributed by atoms with E-state index < -0.39 is 5.82 Å². The zero-order chi connectivity index (χ0) is 11.9. The van der Waals surface area contributed by atoms with Gasteiger partial charge in [-0.1, -0.05) is 20.8 Å². The van der Waals surface area contributed by atoms with Crippen molar-refractivity contribution >= 4 is 5.65 Å². The van der Waals surface area contributed by atoms with Crippen LogP contribution in [0.1, 0.15) is 26.6 Å². The van der Waals surface area contributed by atoms with Crippen molar-refractivity contribution in [1.82, 2.24) is 19.6 Å². The number of nitrogens with zero attached hydrogens (tertiary/aromatic N) is 4. The van der Waals surface area contributed by atoms with Gasteiger partial charge in [0.25, 0.3) is 0 Å². The van der Waals surface area contributed by atoms with Crippen LogP contribution >= 0.6 is 0 Å². The molecule has 2 heterocycles. The highest BCUT2D eigenvalue weighted by Gasteiger charge is 2.22. The summed E-state index contributed by atoms with van der Waals surface area (Å²) in [5.41, 5.74) is -0.111. The van der Waals surface area contributed by atoms with Gasteiger partial charge in [0, 0.05) is 5.41 Å². The van der Waals surface area contributed by atoms with Crippen molar-refractivity contribution < 1.29 is 9.13 Å². The molecule has 86 valence electrons. The molecule has 0 unspecified atom stereocenters. The van der Waals surface area contributed by atoms with Gasteiger partial charge in [0.2, 0.25) is 0 Å². The Kier molecular flexibility index (Phi) is 2.29. The van der Waals surface area contributed by atoms with Gasteiger partial charge < -0.3 is 4.74 Å². The number of halogens is 1. The summed E-state index contributed by atoms with van der Waals surface area (Å²) in [6.07, 6.45) is 1.08. The fraction of sp³-hybridized carbons (Fsp3) is 0.500. The van der Waals surface area contributed by atoms with Gasteiger partial charge in [-0.2, -0.15) is 4.52 Å². The average Bonchev–Trinajstić information content (AvgIpc) is 2.63. The molecule has 2 aromatic rings. The highest BCUT2D eigenvalue weighted by atomic mass is 19.1. The maximum absolute atomic E-state index is 13.5. The van der Waals surface area contributed by atoms with E-state index in [1.807, 2.05) is 20.8 Å². The molecule has 0 saturated carbocycles. The Morgan fingerprint density at radius 1 is 1.38 bits per heavy atom. The van der Waals surface area contributed by atoms with E-state index in [0.29, 0.717) is 5.82 Å². The molecule has 0 aliphatic carbocycles. The number of hydrogen-bond donors (Lipinski definition) is 0. The molecule has 0 spiro atoms. The second-order valence-corrected chi connectivity index (χ2v) is 4.51. The molecular formula is C10H13FN4O. The van der Waals surface area contributed by atoms with E-state index in [9.17, 15) is 4.39 Å². The van der Waals surface area contributed by atoms with Gasteiger partial charge in [-0.05, 0) is 0 Å². The third kappa shape index (κ3) is 1.60. The normalized spacial score (nSPS) is 12.1. The van der Waals surface area contributed by atoms with Crippen LogP contribution in [0.15, 0.2) is 6.20 Å². The molecule has 0 radical (unpaired) electrons. The number of methoxy groups -OCH3 is 1. The highest BCUT2D eigenvalue weighted by molar-refractivity contribution is 5.40. The predicted molar refractivity (Wildman–Crippen MR) is 56.0 cm³/mol. The number of rotatable bonds is 1. The minimum Gasteiger partial charge on any atom is -0.467 e. The summed E-state index contributed by atoms with van der Waals surface area (Å²) < 4.78 is 19.7. The molecule has 0 fully saturated rings. The maximum atomic E-state index is 13.5. The molecule has 0 saturated heterocycles. The smallest absolute Gasteiger partial charge is 0.319 e. The molecular weight excluding hydrogens is 211 g/mol. The van der Waals surface area contributed by atoms with Gasteiger partial charge in [0.15, 0.2) is 17.3 Å². The third-order valence-corrected chi connectivity index (χ3v) is 2.14. The van der Waals surface area contributed by atoms with Gasteiger partial charge in [-0.25, -0.2) is 14.4 Å². The van der Waals surface area contributed by atoms with Gasteiger partial charge >= 0.3 is 6.01 Å². The largest absolute Gasteiger partial charge is 0.467 e. The molecule has 0 bridgehead atoms. The summed E-state index contributed by atoms with van der Waals surface area (Å²) in [7, 11) is 1.46. The SMILES string of the molecule is COc1ncc(F)c2nc(C(C)(C)C)nn12. The second kappa shape index (κ2) is 3.40. The number of aromatic nitrogens is 4. The van der Waals surface area contributed by atoms with Crippen LogP contribution in [-0.2, 0) is 5.41 Å². The molecule has 0 amide bonds. The van der Waals surface area contributed by atoms with E-state index >= 15 is 0 Å². The predicted octanol–water partition coefficient (Wildman–Crippen LogP) is 1.57. The monoisotopic (exact) mass is 224 g/mol. The van der Waals surface area contributed by atoms with E-state index in [0.717, 1.165) is 6.20 Å². The lowest BCUT2D eigenvalue weighted by Gasteiger charge is -2.11. The Morgan fingerprint density at radius 2 is 2.06 bits per heavy atom. The first-order chi connectivity index (χ1) is 7.43. The van der Waals surface area contributed by atoms with Crippen LogP contribution in [0.2, 0.25) is 0 Å². The van der Waals surface area contributed by atoms with E-state index in [-0.39, 0.29) is 17.1 Å². The topological polar surface area (TPSA) is 52.3 Å². The standard InChI is InChI=1S/C10H13FN4O/c1-10(2,3)8-13-7-6(11)5-12-9(16-4)15(7)14-8/h5H,1-4H3. The van der Waals surface area contributed by atoms with Crippen molar-refractivity contribution in [2.24, 2.45) is 0 Å². The minimum atomic E-state index is -0.510. The van der Waals surface area contributed by atoms with Gasteiger partial charge in [-0.15, -0.1) is 5.10 Å². The van der Waals surface area contributed by atoms with E-state index in [4.69, 9.17) is 4.74 Å². The Bertz CT molecular complexity index is 529. The van der Waals surface area contributed by atoms with Crippen molar-refractivity contribution in [3.63, 3.8) is 0 Å². The highest BCUT2D eigenvalue weighted by Crippen LogP contribution is 2.21. The van der Waals surface area contributed by atoms with Crippen LogP contribution in [0.3, 0.4) is 0 Å². The van der Waals surface area contributed by atoms with Crippen LogP contribution in [0.4, 0.5) is 4.39 Å². The molecule has 2 rings (SSSR count). The average molecular weight is 224 g/mol. The lowest BCUT2D eigenvalue weighted by Crippen LogP contribution is -2.13. The molecule has 0 N–H and O–H groups in total.